The lowest BCUT2D eigenvalue weighted by atomic mass is 9.70. The number of carboxylic acids is 1. The van der Waals surface area contributed by atoms with Crippen molar-refractivity contribution < 1.29 is 19.4 Å². The molecule has 1 saturated carbocycles. The molecule has 1 N–H and O–H groups in total. The zero-order valence-corrected chi connectivity index (χ0v) is 19.6. The lowest BCUT2D eigenvalue weighted by Crippen LogP contribution is -2.46. The number of carboxylic acid groups (broad SMARTS) is 1. The number of aliphatic carboxylic acids is 1. The van der Waals surface area contributed by atoms with Gasteiger partial charge in [0.1, 0.15) is 5.75 Å². The number of aryl methyl sites for hydroxylation is 1. The monoisotopic (exact) mass is 448 g/mol. The Morgan fingerprint density at radius 3 is 2.55 bits per heavy atom. The summed E-state index contributed by atoms with van der Waals surface area (Å²) in [6.45, 7) is 2.64. The Hall–Kier alpha value is -3.12. The van der Waals surface area contributed by atoms with Gasteiger partial charge in [0.25, 0.3) is 0 Å². The molecule has 0 radical (unpaired) electrons. The fourth-order valence-corrected chi connectivity index (χ4v) is 5.24. The highest BCUT2D eigenvalue weighted by Gasteiger charge is 2.44. The minimum absolute atomic E-state index is 0.436. The molecule has 0 aliphatic heterocycles. The van der Waals surface area contributed by atoms with E-state index in [2.05, 4.69) is 31.2 Å². The first kappa shape index (κ1) is 23.1. The molecular weight excluding hydrogens is 416 g/mol. The first-order valence-electron chi connectivity index (χ1n) is 11.5. The molecule has 1 aliphatic rings. The van der Waals surface area contributed by atoms with Crippen LogP contribution in [0.2, 0.25) is 0 Å². The summed E-state index contributed by atoms with van der Waals surface area (Å²) in [7, 11) is 3.17. The molecule has 6 nitrogen and oxygen atoms in total. The van der Waals surface area contributed by atoms with Crippen LogP contribution in [0.4, 0.5) is 0 Å². The number of aromatic nitrogens is 2. The third kappa shape index (κ3) is 4.81. The number of ether oxygens (including phenoxy) is 2. The Morgan fingerprint density at radius 1 is 1.09 bits per heavy atom. The smallest absolute Gasteiger partial charge is 0.333 e. The van der Waals surface area contributed by atoms with Gasteiger partial charge in [-0.1, -0.05) is 43.5 Å². The fraction of sp³-hybridized carbons (Fsp3) is 0.407. The van der Waals surface area contributed by atoms with E-state index in [1.807, 2.05) is 35.1 Å². The number of rotatable bonds is 8. The van der Waals surface area contributed by atoms with E-state index in [4.69, 9.17) is 14.6 Å². The first-order chi connectivity index (χ1) is 16.0. The molecule has 174 valence electrons. The Labute approximate surface area is 195 Å². The van der Waals surface area contributed by atoms with Gasteiger partial charge in [0.05, 0.1) is 12.8 Å². The van der Waals surface area contributed by atoms with E-state index in [0.29, 0.717) is 6.54 Å². The number of hydrogen-bond acceptors (Lipinski definition) is 4. The summed E-state index contributed by atoms with van der Waals surface area (Å²) >= 11 is 0. The molecule has 3 aromatic rings. The summed E-state index contributed by atoms with van der Waals surface area (Å²) in [5, 5.41) is 14.6. The van der Waals surface area contributed by atoms with Crippen LogP contribution in [0.5, 0.6) is 5.75 Å². The maximum Gasteiger partial charge on any atom is 0.333 e. The molecule has 1 unspecified atom stereocenters. The number of benzene rings is 2. The summed E-state index contributed by atoms with van der Waals surface area (Å²) < 4.78 is 12.7. The summed E-state index contributed by atoms with van der Waals surface area (Å²) in [5.74, 6) is -0.0578. The fourth-order valence-electron chi connectivity index (χ4n) is 5.24. The minimum Gasteiger partial charge on any atom is -0.497 e. The van der Waals surface area contributed by atoms with Gasteiger partial charge in [0.15, 0.2) is 6.10 Å². The molecule has 2 aromatic carbocycles. The van der Waals surface area contributed by atoms with Crippen molar-refractivity contribution in [3.63, 3.8) is 0 Å². The normalized spacial score (nSPS) is 16.3. The predicted molar refractivity (Wildman–Crippen MR) is 128 cm³/mol. The second-order valence-corrected chi connectivity index (χ2v) is 9.04. The number of hydrogen-bond donors (Lipinski definition) is 1. The Bertz CT molecular complexity index is 1110. The third-order valence-electron chi connectivity index (χ3n) is 6.89. The van der Waals surface area contributed by atoms with Gasteiger partial charge in [-0.05, 0) is 60.7 Å². The summed E-state index contributed by atoms with van der Waals surface area (Å²) in [6.07, 6.45) is 5.98. The van der Waals surface area contributed by atoms with Crippen LogP contribution in [0.25, 0.3) is 22.4 Å². The molecule has 0 saturated heterocycles. The summed E-state index contributed by atoms with van der Waals surface area (Å²) in [4.78, 5) is 11.9. The Balaban J connectivity index is 1.59. The van der Waals surface area contributed by atoms with Crippen molar-refractivity contribution in [1.82, 2.24) is 9.78 Å². The highest BCUT2D eigenvalue weighted by molar-refractivity contribution is 5.74. The predicted octanol–water partition coefficient (Wildman–Crippen LogP) is 5.58. The molecule has 0 spiro atoms. The van der Waals surface area contributed by atoms with Crippen molar-refractivity contribution in [2.24, 2.45) is 5.41 Å². The molecule has 1 atom stereocenters. The van der Waals surface area contributed by atoms with Gasteiger partial charge in [-0.15, -0.1) is 0 Å². The van der Waals surface area contributed by atoms with Crippen LogP contribution in [0.3, 0.4) is 0 Å². The van der Waals surface area contributed by atoms with E-state index in [1.54, 1.807) is 7.11 Å². The Morgan fingerprint density at radius 2 is 1.88 bits per heavy atom. The highest BCUT2D eigenvalue weighted by Crippen LogP contribution is 2.42. The number of methoxy groups -OCH3 is 2. The zero-order valence-electron chi connectivity index (χ0n) is 19.6. The van der Waals surface area contributed by atoms with Gasteiger partial charge in [0, 0.05) is 30.8 Å². The van der Waals surface area contributed by atoms with E-state index >= 15 is 0 Å². The molecule has 1 fully saturated rings. The number of nitrogens with zero attached hydrogens (tertiary/aromatic N) is 2. The van der Waals surface area contributed by atoms with Crippen molar-refractivity contribution >= 4 is 5.97 Å². The van der Waals surface area contributed by atoms with Crippen LogP contribution in [-0.4, -0.2) is 41.2 Å². The topological polar surface area (TPSA) is 73.6 Å². The van der Waals surface area contributed by atoms with Gasteiger partial charge in [-0.25, -0.2) is 4.79 Å². The molecule has 0 bridgehead atoms. The molecule has 1 heterocycles. The first-order valence-corrected chi connectivity index (χ1v) is 11.5. The largest absolute Gasteiger partial charge is 0.497 e. The molecular formula is C27H32N2O4. The maximum absolute atomic E-state index is 11.9. The highest BCUT2D eigenvalue weighted by atomic mass is 16.5. The van der Waals surface area contributed by atoms with Crippen molar-refractivity contribution in [3.8, 4) is 28.1 Å². The van der Waals surface area contributed by atoms with Gasteiger partial charge < -0.3 is 14.6 Å². The van der Waals surface area contributed by atoms with Gasteiger partial charge in [-0.3, -0.25) is 4.68 Å². The standard InChI is InChI=1S/C27H32N2O4/c1-19-16-21(10-11-23(19)20-8-7-9-22(17-20)32-2)24-12-15-29(28-24)18-27(13-5-4-6-14-27)25(33-3)26(30)31/h7-12,15-17,25H,4-6,13-14,18H2,1-3H3,(H,30,31). The molecule has 4 rings (SSSR count). The van der Waals surface area contributed by atoms with E-state index in [1.165, 1.54) is 7.11 Å². The lowest BCUT2D eigenvalue weighted by Gasteiger charge is -2.40. The lowest BCUT2D eigenvalue weighted by molar-refractivity contribution is -0.161. The molecule has 33 heavy (non-hydrogen) atoms. The van der Waals surface area contributed by atoms with Crippen LogP contribution < -0.4 is 4.74 Å². The maximum atomic E-state index is 11.9. The van der Waals surface area contributed by atoms with Crippen molar-refractivity contribution in [2.75, 3.05) is 14.2 Å². The van der Waals surface area contributed by atoms with Crippen molar-refractivity contribution in [1.29, 1.82) is 0 Å². The third-order valence-corrected chi connectivity index (χ3v) is 6.89. The average Bonchev–Trinajstić information content (AvgIpc) is 3.28. The molecule has 1 aliphatic carbocycles. The SMILES string of the molecule is COc1cccc(-c2ccc(-c3ccn(CC4(C(OC)C(=O)O)CCCCC4)n3)cc2C)c1. The second-order valence-electron chi connectivity index (χ2n) is 9.04. The van der Waals surface area contributed by atoms with Crippen LogP contribution >= 0.6 is 0 Å². The molecule has 1 aromatic heterocycles. The summed E-state index contributed by atoms with van der Waals surface area (Å²) in [5.41, 5.74) is 4.91. The van der Waals surface area contributed by atoms with Crippen molar-refractivity contribution in [3.05, 3.63) is 60.3 Å². The zero-order chi connectivity index (χ0) is 23.4. The van der Waals surface area contributed by atoms with Crippen LogP contribution in [-0.2, 0) is 16.1 Å². The van der Waals surface area contributed by atoms with Crippen LogP contribution in [0.15, 0.2) is 54.7 Å². The van der Waals surface area contributed by atoms with Gasteiger partial charge >= 0.3 is 5.97 Å². The van der Waals surface area contributed by atoms with Crippen LogP contribution in [0.1, 0.15) is 37.7 Å². The second kappa shape index (κ2) is 9.79. The van der Waals surface area contributed by atoms with E-state index in [0.717, 1.165) is 65.8 Å². The molecule has 0 amide bonds. The quantitative estimate of drug-likeness (QED) is 0.487. The molecule has 6 heteroatoms. The van der Waals surface area contributed by atoms with E-state index < -0.39 is 17.5 Å². The summed E-state index contributed by atoms with van der Waals surface area (Å²) in [6, 6.07) is 16.4. The van der Waals surface area contributed by atoms with Crippen LogP contribution in [0, 0.1) is 12.3 Å². The van der Waals surface area contributed by atoms with E-state index in [9.17, 15) is 9.90 Å². The van der Waals surface area contributed by atoms with Gasteiger partial charge in [-0.2, -0.15) is 5.10 Å². The van der Waals surface area contributed by atoms with Crippen molar-refractivity contribution in [2.45, 2.75) is 51.7 Å². The Kier molecular flexibility index (Phi) is 6.84. The van der Waals surface area contributed by atoms with Gasteiger partial charge in [0.2, 0.25) is 0 Å². The minimum atomic E-state index is -0.893. The average molecular weight is 449 g/mol. The van der Waals surface area contributed by atoms with E-state index in [-0.39, 0.29) is 0 Å². The number of carbonyl (C=O) groups is 1.